The average Bonchev–Trinajstić information content (AvgIpc) is 2.73. The number of carbonyl (C=O) groups excluding carboxylic acids is 1. The van der Waals surface area contributed by atoms with Crippen LogP contribution in [0.2, 0.25) is 0 Å². The Morgan fingerprint density at radius 3 is 2.65 bits per heavy atom. The molecule has 106 valence electrons. The zero-order valence-corrected chi connectivity index (χ0v) is 10.8. The first-order valence-corrected chi connectivity index (χ1v) is 5.60. The lowest BCUT2D eigenvalue weighted by Gasteiger charge is -2.07. The van der Waals surface area contributed by atoms with Gasteiger partial charge >= 0.3 is 6.03 Å². The first-order chi connectivity index (χ1) is 9.49. The molecule has 0 aliphatic rings. The molecule has 2 amide bonds. The summed E-state index contributed by atoms with van der Waals surface area (Å²) in [5.74, 6) is -1.36. The Kier molecular flexibility index (Phi) is 3.83. The molecule has 1 aromatic heterocycles. The fourth-order valence-corrected chi connectivity index (χ4v) is 1.57. The predicted octanol–water partition coefficient (Wildman–Crippen LogP) is 2.35. The van der Waals surface area contributed by atoms with Crippen molar-refractivity contribution in [2.24, 2.45) is 7.05 Å². The van der Waals surface area contributed by atoms with Crippen molar-refractivity contribution in [3.63, 3.8) is 0 Å². The zero-order valence-electron chi connectivity index (χ0n) is 10.8. The summed E-state index contributed by atoms with van der Waals surface area (Å²) >= 11 is 0. The molecule has 8 heteroatoms. The summed E-state index contributed by atoms with van der Waals surface area (Å²) in [6.45, 7) is 0. The second-order valence-corrected chi connectivity index (χ2v) is 3.93. The van der Waals surface area contributed by atoms with Crippen molar-refractivity contribution in [1.29, 1.82) is 0 Å². The number of rotatable bonds is 3. The van der Waals surface area contributed by atoms with Crippen LogP contribution in [0.4, 0.5) is 25.0 Å². The minimum atomic E-state index is -0.863. The van der Waals surface area contributed by atoms with Crippen LogP contribution in [0.3, 0.4) is 0 Å². The highest BCUT2D eigenvalue weighted by atomic mass is 19.1. The van der Waals surface area contributed by atoms with Crippen molar-refractivity contribution in [3.05, 3.63) is 36.0 Å². The van der Waals surface area contributed by atoms with Gasteiger partial charge in [-0.25, -0.2) is 13.6 Å². The normalized spacial score (nSPS) is 10.2. The number of benzene rings is 1. The number of halogens is 2. The van der Waals surface area contributed by atoms with Gasteiger partial charge in [-0.05, 0) is 12.1 Å². The van der Waals surface area contributed by atoms with Gasteiger partial charge in [0.2, 0.25) is 0 Å². The minimum Gasteiger partial charge on any atom is -0.478 e. The Morgan fingerprint density at radius 1 is 1.30 bits per heavy atom. The maximum Gasteiger partial charge on any atom is 0.323 e. The van der Waals surface area contributed by atoms with E-state index in [4.69, 9.17) is 4.74 Å². The van der Waals surface area contributed by atoms with E-state index in [2.05, 4.69) is 15.7 Å². The van der Waals surface area contributed by atoms with Gasteiger partial charge in [-0.3, -0.25) is 4.68 Å². The fraction of sp³-hybridized carbons (Fsp3) is 0.167. The lowest BCUT2D eigenvalue weighted by molar-refractivity contribution is 0.262. The average molecular weight is 282 g/mol. The van der Waals surface area contributed by atoms with Crippen LogP contribution in [-0.4, -0.2) is 22.9 Å². The van der Waals surface area contributed by atoms with E-state index in [1.54, 1.807) is 7.05 Å². The molecule has 0 atom stereocenters. The number of anilines is 2. The third kappa shape index (κ3) is 3.02. The van der Waals surface area contributed by atoms with Crippen molar-refractivity contribution in [3.8, 4) is 5.88 Å². The van der Waals surface area contributed by atoms with E-state index in [1.807, 2.05) is 0 Å². The highest BCUT2D eigenvalue weighted by molar-refractivity contribution is 6.00. The second-order valence-electron chi connectivity index (χ2n) is 3.93. The molecule has 2 rings (SSSR count). The van der Waals surface area contributed by atoms with Gasteiger partial charge in [0.1, 0.15) is 17.3 Å². The second kappa shape index (κ2) is 5.55. The lowest BCUT2D eigenvalue weighted by atomic mass is 10.3. The molecule has 0 bridgehead atoms. The van der Waals surface area contributed by atoms with Gasteiger partial charge in [0.05, 0.1) is 19.0 Å². The van der Waals surface area contributed by atoms with Gasteiger partial charge in [0.15, 0.2) is 0 Å². The molecule has 0 aliphatic heterocycles. The Morgan fingerprint density at radius 2 is 2.00 bits per heavy atom. The lowest BCUT2D eigenvalue weighted by Crippen LogP contribution is -2.20. The SMILES string of the molecule is COc1nn(C)cc1NC(=O)Nc1ccc(F)cc1F. The summed E-state index contributed by atoms with van der Waals surface area (Å²) in [6, 6.07) is 2.16. The predicted molar refractivity (Wildman–Crippen MR) is 68.8 cm³/mol. The van der Waals surface area contributed by atoms with Crippen LogP contribution in [0.25, 0.3) is 0 Å². The Hall–Kier alpha value is -2.64. The summed E-state index contributed by atoms with van der Waals surface area (Å²) in [5.41, 5.74) is 0.196. The standard InChI is InChI=1S/C12H12F2N4O2/c1-18-6-10(11(17-18)20-2)16-12(19)15-9-4-3-7(13)5-8(9)14/h3-6H,1-2H3,(H2,15,16,19). The highest BCUT2D eigenvalue weighted by Crippen LogP contribution is 2.21. The van der Waals surface area contributed by atoms with E-state index >= 15 is 0 Å². The summed E-state index contributed by atoms with van der Waals surface area (Å²) in [4.78, 5) is 11.7. The fourth-order valence-electron chi connectivity index (χ4n) is 1.57. The Balaban J connectivity index is 2.09. The van der Waals surface area contributed by atoms with Crippen LogP contribution >= 0.6 is 0 Å². The molecule has 1 heterocycles. The maximum absolute atomic E-state index is 13.4. The first-order valence-electron chi connectivity index (χ1n) is 5.60. The third-order valence-corrected chi connectivity index (χ3v) is 2.42. The van der Waals surface area contributed by atoms with E-state index in [0.717, 1.165) is 12.1 Å². The monoisotopic (exact) mass is 282 g/mol. The molecule has 20 heavy (non-hydrogen) atoms. The molecular weight excluding hydrogens is 270 g/mol. The number of nitrogens with one attached hydrogen (secondary N) is 2. The molecule has 0 radical (unpaired) electrons. The topological polar surface area (TPSA) is 68.2 Å². The number of aromatic nitrogens is 2. The van der Waals surface area contributed by atoms with E-state index in [1.165, 1.54) is 18.0 Å². The number of ether oxygens (including phenoxy) is 1. The van der Waals surface area contributed by atoms with E-state index in [0.29, 0.717) is 11.8 Å². The van der Waals surface area contributed by atoms with Crippen molar-refractivity contribution >= 4 is 17.4 Å². The Labute approximate surface area is 113 Å². The zero-order chi connectivity index (χ0) is 14.7. The van der Waals surface area contributed by atoms with Gasteiger partial charge in [-0.2, -0.15) is 0 Å². The summed E-state index contributed by atoms with van der Waals surface area (Å²) in [7, 11) is 3.07. The quantitative estimate of drug-likeness (QED) is 0.908. The van der Waals surface area contributed by atoms with Crippen LogP contribution in [0.1, 0.15) is 0 Å². The van der Waals surface area contributed by atoms with Crippen molar-refractivity contribution < 1.29 is 18.3 Å². The molecular formula is C12H12F2N4O2. The molecule has 0 fully saturated rings. The number of aryl methyl sites for hydroxylation is 1. The maximum atomic E-state index is 13.4. The van der Waals surface area contributed by atoms with Crippen LogP contribution < -0.4 is 15.4 Å². The summed E-state index contributed by atoms with van der Waals surface area (Å²) in [5, 5.41) is 8.66. The van der Waals surface area contributed by atoms with E-state index < -0.39 is 17.7 Å². The largest absolute Gasteiger partial charge is 0.478 e. The molecule has 0 aliphatic carbocycles. The van der Waals surface area contributed by atoms with Crippen LogP contribution in [0, 0.1) is 11.6 Å². The van der Waals surface area contributed by atoms with E-state index in [9.17, 15) is 13.6 Å². The molecule has 1 aromatic carbocycles. The van der Waals surface area contributed by atoms with Crippen LogP contribution in [0.15, 0.2) is 24.4 Å². The van der Waals surface area contributed by atoms with Crippen LogP contribution in [0.5, 0.6) is 5.88 Å². The van der Waals surface area contributed by atoms with Crippen LogP contribution in [-0.2, 0) is 7.05 Å². The number of methoxy groups -OCH3 is 1. The smallest absolute Gasteiger partial charge is 0.323 e. The number of hydrogen-bond donors (Lipinski definition) is 2. The molecule has 2 N–H and O–H groups in total. The Bertz CT molecular complexity index is 642. The summed E-state index contributed by atoms with van der Waals surface area (Å²) in [6.07, 6.45) is 1.53. The first kappa shape index (κ1) is 13.8. The minimum absolute atomic E-state index is 0.133. The van der Waals surface area contributed by atoms with Gasteiger partial charge in [-0.15, -0.1) is 5.10 Å². The van der Waals surface area contributed by atoms with E-state index in [-0.39, 0.29) is 11.6 Å². The van der Waals surface area contributed by atoms with Crippen molar-refractivity contribution in [2.45, 2.75) is 0 Å². The molecule has 0 saturated heterocycles. The van der Waals surface area contributed by atoms with Gasteiger partial charge in [-0.1, -0.05) is 0 Å². The van der Waals surface area contributed by atoms with Gasteiger partial charge < -0.3 is 15.4 Å². The molecule has 6 nitrogen and oxygen atoms in total. The third-order valence-electron chi connectivity index (χ3n) is 2.42. The molecule has 0 spiro atoms. The number of carbonyl (C=O) groups is 1. The molecule has 2 aromatic rings. The molecule has 0 unspecified atom stereocenters. The van der Waals surface area contributed by atoms with Crippen molar-refractivity contribution in [1.82, 2.24) is 9.78 Å². The number of urea groups is 1. The van der Waals surface area contributed by atoms with Crippen molar-refractivity contribution in [2.75, 3.05) is 17.7 Å². The number of nitrogens with zero attached hydrogens (tertiary/aromatic N) is 2. The highest BCUT2D eigenvalue weighted by Gasteiger charge is 2.13. The van der Waals surface area contributed by atoms with Gasteiger partial charge in [0, 0.05) is 13.1 Å². The van der Waals surface area contributed by atoms with Gasteiger partial charge in [0.25, 0.3) is 5.88 Å². The number of hydrogen-bond acceptors (Lipinski definition) is 3. The molecule has 0 saturated carbocycles. The summed E-state index contributed by atoms with van der Waals surface area (Å²) < 4.78 is 32.5. The number of amides is 2.